The summed E-state index contributed by atoms with van der Waals surface area (Å²) in [6.07, 6.45) is 2.21. The van der Waals surface area contributed by atoms with Crippen molar-refractivity contribution in [1.82, 2.24) is 0 Å². The standard InChI is InChI=1S/C16H24O4/c1-4-18-15-9-12(10-17)5-6-14(15)19-11-13-7-8-16(2,3)20-13/h5-6,9,13,17H,4,7-8,10-11H2,1-3H3. The van der Waals surface area contributed by atoms with Gasteiger partial charge in [-0.25, -0.2) is 0 Å². The third-order valence-corrected chi connectivity index (χ3v) is 3.47. The molecule has 1 aromatic carbocycles. The molecule has 0 spiro atoms. The van der Waals surface area contributed by atoms with E-state index in [2.05, 4.69) is 13.8 Å². The normalized spacial score (nSPS) is 20.9. The van der Waals surface area contributed by atoms with Crippen molar-refractivity contribution < 1.29 is 19.3 Å². The predicted molar refractivity (Wildman–Crippen MR) is 77.2 cm³/mol. The Morgan fingerprint density at radius 3 is 2.70 bits per heavy atom. The first-order chi connectivity index (χ1) is 9.54. The molecule has 1 N–H and O–H groups in total. The molecule has 112 valence electrons. The second-order valence-corrected chi connectivity index (χ2v) is 5.72. The minimum absolute atomic E-state index is 0.000278. The van der Waals surface area contributed by atoms with E-state index in [9.17, 15) is 0 Å². The molecule has 4 nitrogen and oxygen atoms in total. The smallest absolute Gasteiger partial charge is 0.161 e. The van der Waals surface area contributed by atoms with E-state index in [1.54, 1.807) is 0 Å². The highest BCUT2D eigenvalue weighted by molar-refractivity contribution is 5.42. The van der Waals surface area contributed by atoms with Gasteiger partial charge in [-0.05, 0) is 51.3 Å². The number of hydrogen-bond acceptors (Lipinski definition) is 4. The Morgan fingerprint density at radius 2 is 2.10 bits per heavy atom. The Labute approximate surface area is 120 Å². The number of hydrogen-bond donors (Lipinski definition) is 1. The Hall–Kier alpha value is -1.26. The van der Waals surface area contributed by atoms with Crippen molar-refractivity contribution in [3.8, 4) is 11.5 Å². The van der Waals surface area contributed by atoms with Crippen molar-refractivity contribution in [2.24, 2.45) is 0 Å². The second-order valence-electron chi connectivity index (χ2n) is 5.72. The molecule has 1 heterocycles. The molecule has 4 heteroatoms. The number of rotatable bonds is 6. The number of aliphatic hydroxyl groups is 1. The van der Waals surface area contributed by atoms with Crippen LogP contribution in [-0.2, 0) is 11.3 Å². The van der Waals surface area contributed by atoms with Gasteiger partial charge in [0.2, 0.25) is 0 Å². The van der Waals surface area contributed by atoms with Gasteiger partial charge in [0.1, 0.15) is 6.61 Å². The molecule has 2 rings (SSSR count). The Morgan fingerprint density at radius 1 is 1.30 bits per heavy atom. The molecule has 1 aliphatic rings. The van der Waals surface area contributed by atoms with Crippen molar-refractivity contribution in [2.45, 2.75) is 51.9 Å². The van der Waals surface area contributed by atoms with E-state index < -0.39 is 0 Å². The lowest BCUT2D eigenvalue weighted by Crippen LogP contribution is -2.24. The van der Waals surface area contributed by atoms with Crippen LogP contribution in [0.1, 0.15) is 39.2 Å². The van der Waals surface area contributed by atoms with Crippen molar-refractivity contribution in [1.29, 1.82) is 0 Å². The minimum Gasteiger partial charge on any atom is -0.490 e. The summed E-state index contributed by atoms with van der Waals surface area (Å²) in [7, 11) is 0. The maximum absolute atomic E-state index is 9.16. The molecule has 1 saturated heterocycles. The number of benzene rings is 1. The van der Waals surface area contributed by atoms with Gasteiger partial charge in [-0.2, -0.15) is 0 Å². The predicted octanol–water partition coefficient (Wildman–Crippen LogP) is 2.91. The summed E-state index contributed by atoms with van der Waals surface area (Å²) in [5.74, 6) is 1.38. The molecule has 0 radical (unpaired) electrons. The molecule has 20 heavy (non-hydrogen) atoms. The molecule has 0 bridgehead atoms. The number of ether oxygens (including phenoxy) is 3. The van der Waals surface area contributed by atoms with Crippen molar-refractivity contribution in [2.75, 3.05) is 13.2 Å². The van der Waals surface area contributed by atoms with Crippen LogP contribution >= 0.6 is 0 Å². The Balaban J connectivity index is 1.98. The van der Waals surface area contributed by atoms with Crippen LogP contribution in [0.3, 0.4) is 0 Å². The molecule has 1 aromatic rings. The van der Waals surface area contributed by atoms with Crippen molar-refractivity contribution in [3.05, 3.63) is 23.8 Å². The summed E-state index contributed by atoms with van der Waals surface area (Å²) < 4.78 is 17.3. The molecular formula is C16H24O4. The van der Waals surface area contributed by atoms with Gasteiger partial charge in [-0.15, -0.1) is 0 Å². The van der Waals surface area contributed by atoms with E-state index in [1.807, 2.05) is 25.1 Å². The molecular weight excluding hydrogens is 256 g/mol. The molecule has 0 aromatic heterocycles. The summed E-state index contributed by atoms with van der Waals surface area (Å²) in [5.41, 5.74) is 0.774. The first-order valence-electron chi connectivity index (χ1n) is 7.21. The zero-order chi connectivity index (χ0) is 14.6. The molecule has 1 atom stereocenters. The molecule has 1 fully saturated rings. The van der Waals surface area contributed by atoms with Gasteiger partial charge in [-0.1, -0.05) is 6.07 Å². The monoisotopic (exact) mass is 280 g/mol. The van der Waals surface area contributed by atoms with Crippen LogP contribution in [0.5, 0.6) is 11.5 Å². The summed E-state index contributed by atoms with van der Waals surface area (Å²) in [5, 5.41) is 9.16. The maximum atomic E-state index is 9.16. The lowest BCUT2D eigenvalue weighted by Gasteiger charge is -2.20. The van der Waals surface area contributed by atoms with E-state index in [1.165, 1.54) is 0 Å². The average Bonchev–Trinajstić information content (AvgIpc) is 2.77. The van der Waals surface area contributed by atoms with Gasteiger partial charge in [0, 0.05) is 0 Å². The summed E-state index contributed by atoms with van der Waals surface area (Å²) in [4.78, 5) is 0. The zero-order valence-electron chi connectivity index (χ0n) is 12.5. The average molecular weight is 280 g/mol. The minimum atomic E-state index is -0.0441. The van der Waals surface area contributed by atoms with Crippen LogP contribution in [0.2, 0.25) is 0 Å². The van der Waals surface area contributed by atoms with Crippen LogP contribution < -0.4 is 9.47 Å². The molecule has 0 aliphatic carbocycles. The highest BCUT2D eigenvalue weighted by Gasteiger charge is 2.32. The van der Waals surface area contributed by atoms with Crippen molar-refractivity contribution in [3.63, 3.8) is 0 Å². The fourth-order valence-electron chi connectivity index (χ4n) is 2.42. The largest absolute Gasteiger partial charge is 0.490 e. The molecule has 1 unspecified atom stereocenters. The van der Waals surface area contributed by atoms with Crippen molar-refractivity contribution >= 4 is 0 Å². The van der Waals surface area contributed by atoms with Gasteiger partial charge in [-0.3, -0.25) is 0 Å². The Kier molecular flexibility index (Phi) is 4.89. The van der Waals surface area contributed by atoms with Gasteiger partial charge >= 0.3 is 0 Å². The van der Waals surface area contributed by atoms with E-state index in [0.717, 1.165) is 18.4 Å². The van der Waals surface area contributed by atoms with E-state index in [-0.39, 0.29) is 18.3 Å². The maximum Gasteiger partial charge on any atom is 0.161 e. The molecule has 1 aliphatic heterocycles. The van der Waals surface area contributed by atoms with Crippen LogP contribution in [0, 0.1) is 0 Å². The number of aliphatic hydroxyl groups excluding tert-OH is 1. The van der Waals surface area contributed by atoms with Crippen LogP contribution in [0.15, 0.2) is 18.2 Å². The van der Waals surface area contributed by atoms with Crippen LogP contribution in [-0.4, -0.2) is 30.0 Å². The van der Waals surface area contributed by atoms with Gasteiger partial charge < -0.3 is 19.3 Å². The fraction of sp³-hybridized carbons (Fsp3) is 0.625. The lowest BCUT2D eigenvalue weighted by atomic mass is 10.1. The SMILES string of the molecule is CCOc1cc(CO)ccc1OCC1CCC(C)(C)O1. The topological polar surface area (TPSA) is 47.9 Å². The lowest BCUT2D eigenvalue weighted by molar-refractivity contribution is -0.0329. The highest BCUT2D eigenvalue weighted by Crippen LogP contribution is 2.32. The zero-order valence-corrected chi connectivity index (χ0v) is 12.5. The third-order valence-electron chi connectivity index (χ3n) is 3.47. The summed E-state index contributed by atoms with van der Waals surface area (Å²) in [6.45, 7) is 7.24. The molecule has 0 amide bonds. The van der Waals surface area contributed by atoms with Crippen LogP contribution in [0.25, 0.3) is 0 Å². The van der Waals surface area contributed by atoms with E-state index in [0.29, 0.717) is 24.7 Å². The molecule has 0 saturated carbocycles. The third kappa shape index (κ3) is 3.87. The first kappa shape index (κ1) is 15.1. The fourth-order valence-corrected chi connectivity index (χ4v) is 2.42. The first-order valence-corrected chi connectivity index (χ1v) is 7.21. The summed E-state index contributed by atoms with van der Waals surface area (Å²) in [6, 6.07) is 5.51. The van der Waals surface area contributed by atoms with Gasteiger partial charge in [0.15, 0.2) is 11.5 Å². The highest BCUT2D eigenvalue weighted by atomic mass is 16.6. The van der Waals surface area contributed by atoms with Crippen LogP contribution in [0.4, 0.5) is 0 Å². The van der Waals surface area contributed by atoms with E-state index >= 15 is 0 Å². The van der Waals surface area contributed by atoms with E-state index in [4.69, 9.17) is 19.3 Å². The second kappa shape index (κ2) is 6.46. The Bertz CT molecular complexity index is 442. The summed E-state index contributed by atoms with van der Waals surface area (Å²) >= 11 is 0. The van der Waals surface area contributed by atoms with Gasteiger partial charge in [0.05, 0.1) is 24.9 Å². The van der Waals surface area contributed by atoms with Gasteiger partial charge in [0.25, 0.3) is 0 Å². The quantitative estimate of drug-likeness (QED) is 0.870.